The number of aryl methyl sites for hydroxylation is 1. The lowest BCUT2D eigenvalue weighted by Crippen LogP contribution is -2.46. The standard InChI is InChI=1S/C30H25F3N2O2/c1-19-8-14-26-24(16-19)25-17-20(28(37)34-29(2,18-36)21-6-4-3-5-7-21)9-15-27(25)35(26)23-12-10-22(11-13-23)30(31,32)33/h3-17,36H,18H2,1-2H3,(H,34,37)/t29-/m1/s1. The van der Waals surface area contributed by atoms with E-state index in [-0.39, 0.29) is 12.5 Å². The molecule has 4 nitrogen and oxygen atoms in total. The number of halogens is 3. The first-order chi connectivity index (χ1) is 17.6. The van der Waals surface area contributed by atoms with Gasteiger partial charge in [-0.2, -0.15) is 13.2 Å². The summed E-state index contributed by atoms with van der Waals surface area (Å²) in [5, 5.41) is 14.7. The molecule has 0 unspecified atom stereocenters. The van der Waals surface area contributed by atoms with Gasteiger partial charge in [0.15, 0.2) is 0 Å². The lowest BCUT2D eigenvalue weighted by Gasteiger charge is -2.29. The first kappa shape index (κ1) is 24.6. The van der Waals surface area contributed by atoms with Crippen molar-refractivity contribution < 1.29 is 23.1 Å². The summed E-state index contributed by atoms with van der Waals surface area (Å²) < 4.78 is 41.3. The number of hydrogen-bond acceptors (Lipinski definition) is 2. The van der Waals surface area contributed by atoms with Crippen LogP contribution < -0.4 is 5.32 Å². The van der Waals surface area contributed by atoms with E-state index in [2.05, 4.69) is 5.32 Å². The Kier molecular flexibility index (Phi) is 6.04. The molecule has 1 heterocycles. The van der Waals surface area contributed by atoms with Gasteiger partial charge in [-0.15, -0.1) is 0 Å². The van der Waals surface area contributed by atoms with Crippen LogP contribution >= 0.6 is 0 Å². The Morgan fingerprint density at radius 1 is 0.838 bits per heavy atom. The van der Waals surface area contributed by atoms with Crippen molar-refractivity contribution in [2.75, 3.05) is 6.61 Å². The molecule has 0 bridgehead atoms. The number of nitrogens with zero attached hydrogens (tertiary/aromatic N) is 1. The Morgan fingerprint density at radius 2 is 1.46 bits per heavy atom. The van der Waals surface area contributed by atoms with Crippen molar-refractivity contribution >= 4 is 27.7 Å². The van der Waals surface area contributed by atoms with Gasteiger partial charge in [0, 0.05) is 22.0 Å². The minimum Gasteiger partial charge on any atom is -0.394 e. The largest absolute Gasteiger partial charge is 0.416 e. The van der Waals surface area contributed by atoms with E-state index in [0.717, 1.165) is 45.1 Å². The van der Waals surface area contributed by atoms with Crippen LogP contribution in [0, 0.1) is 6.92 Å². The molecule has 0 aliphatic heterocycles. The van der Waals surface area contributed by atoms with Gasteiger partial charge in [-0.05, 0) is 74.0 Å². The van der Waals surface area contributed by atoms with E-state index in [9.17, 15) is 23.1 Å². The third-order valence-corrected chi connectivity index (χ3v) is 6.75. The molecule has 4 aromatic carbocycles. The van der Waals surface area contributed by atoms with Crippen molar-refractivity contribution in [2.24, 2.45) is 0 Å². The van der Waals surface area contributed by atoms with E-state index in [1.54, 1.807) is 25.1 Å². The normalized spacial score (nSPS) is 13.6. The molecule has 0 spiro atoms. The highest BCUT2D eigenvalue weighted by Crippen LogP contribution is 2.35. The number of amides is 1. The number of alkyl halides is 3. The van der Waals surface area contributed by atoms with Gasteiger partial charge in [0.05, 0.1) is 28.7 Å². The van der Waals surface area contributed by atoms with E-state index in [1.807, 2.05) is 60.0 Å². The van der Waals surface area contributed by atoms with Crippen LogP contribution in [-0.2, 0) is 11.7 Å². The van der Waals surface area contributed by atoms with E-state index in [4.69, 9.17) is 0 Å². The highest BCUT2D eigenvalue weighted by molar-refractivity contribution is 6.12. The summed E-state index contributed by atoms with van der Waals surface area (Å²) in [5.74, 6) is -0.342. The molecule has 5 rings (SSSR count). The number of fused-ring (bicyclic) bond motifs is 3. The second-order valence-corrected chi connectivity index (χ2v) is 9.44. The third-order valence-electron chi connectivity index (χ3n) is 6.75. The highest BCUT2D eigenvalue weighted by Gasteiger charge is 2.30. The maximum atomic E-state index is 13.3. The molecule has 37 heavy (non-hydrogen) atoms. The molecule has 1 atom stereocenters. The van der Waals surface area contributed by atoms with Crippen molar-refractivity contribution in [3.8, 4) is 5.69 Å². The van der Waals surface area contributed by atoms with Gasteiger partial charge < -0.3 is 15.0 Å². The zero-order chi connectivity index (χ0) is 26.4. The average Bonchev–Trinajstić information content (AvgIpc) is 3.21. The second kappa shape index (κ2) is 9.09. The maximum Gasteiger partial charge on any atom is 0.416 e. The molecule has 2 N–H and O–H groups in total. The van der Waals surface area contributed by atoms with Crippen molar-refractivity contribution in [1.82, 2.24) is 9.88 Å². The SMILES string of the molecule is Cc1ccc2c(c1)c1cc(C(=O)N[C@](C)(CO)c3ccccc3)ccc1n2-c1ccc(C(F)(F)F)cc1. The van der Waals surface area contributed by atoms with Crippen molar-refractivity contribution in [3.63, 3.8) is 0 Å². The Balaban J connectivity index is 1.60. The topological polar surface area (TPSA) is 54.3 Å². The fourth-order valence-corrected chi connectivity index (χ4v) is 4.69. The van der Waals surface area contributed by atoms with Gasteiger partial charge in [-0.3, -0.25) is 4.79 Å². The summed E-state index contributed by atoms with van der Waals surface area (Å²) in [7, 11) is 0. The number of aliphatic hydroxyl groups excluding tert-OH is 1. The fourth-order valence-electron chi connectivity index (χ4n) is 4.69. The number of carbonyl (C=O) groups excluding carboxylic acids is 1. The molecule has 0 saturated carbocycles. The quantitative estimate of drug-likeness (QED) is 0.279. The van der Waals surface area contributed by atoms with Crippen LogP contribution in [-0.4, -0.2) is 22.2 Å². The second-order valence-electron chi connectivity index (χ2n) is 9.44. The van der Waals surface area contributed by atoms with Crippen LogP contribution in [0.4, 0.5) is 13.2 Å². The highest BCUT2D eigenvalue weighted by atomic mass is 19.4. The summed E-state index contributed by atoms with van der Waals surface area (Å²) in [6.07, 6.45) is -4.42. The van der Waals surface area contributed by atoms with Crippen LogP contribution in [0.3, 0.4) is 0 Å². The van der Waals surface area contributed by atoms with E-state index < -0.39 is 17.3 Å². The van der Waals surface area contributed by atoms with Gasteiger partial charge in [0.1, 0.15) is 0 Å². The summed E-state index contributed by atoms with van der Waals surface area (Å²) in [5.41, 5.74) is 2.71. The Bertz CT molecular complexity index is 1610. The monoisotopic (exact) mass is 502 g/mol. The molecule has 7 heteroatoms. The minimum absolute atomic E-state index is 0.280. The van der Waals surface area contributed by atoms with Crippen LogP contribution in [0.15, 0.2) is 91.0 Å². The molecule has 0 aliphatic rings. The van der Waals surface area contributed by atoms with Gasteiger partial charge in [-0.1, -0.05) is 42.0 Å². The minimum atomic E-state index is -4.42. The van der Waals surface area contributed by atoms with Crippen molar-refractivity contribution in [2.45, 2.75) is 25.6 Å². The molecule has 0 aliphatic carbocycles. The number of carbonyl (C=O) groups is 1. The predicted octanol–water partition coefficient (Wildman–Crippen LogP) is 6.75. The van der Waals surface area contributed by atoms with E-state index in [0.29, 0.717) is 11.3 Å². The van der Waals surface area contributed by atoms with E-state index >= 15 is 0 Å². The van der Waals surface area contributed by atoms with Crippen molar-refractivity contribution in [1.29, 1.82) is 0 Å². The van der Waals surface area contributed by atoms with Crippen LogP contribution in [0.1, 0.15) is 34.0 Å². The molecule has 1 amide bonds. The lowest BCUT2D eigenvalue weighted by atomic mass is 9.92. The smallest absolute Gasteiger partial charge is 0.394 e. The van der Waals surface area contributed by atoms with Crippen LogP contribution in [0.5, 0.6) is 0 Å². The number of aromatic nitrogens is 1. The molecule has 0 radical (unpaired) electrons. The summed E-state index contributed by atoms with van der Waals surface area (Å²) in [6, 6.07) is 25.5. The number of benzene rings is 4. The summed E-state index contributed by atoms with van der Waals surface area (Å²) in [4.78, 5) is 13.3. The zero-order valence-electron chi connectivity index (χ0n) is 20.3. The molecular weight excluding hydrogens is 477 g/mol. The molecule has 5 aromatic rings. The number of rotatable bonds is 5. The van der Waals surface area contributed by atoms with Crippen molar-refractivity contribution in [3.05, 3.63) is 113 Å². The molecular formula is C30H25F3N2O2. The van der Waals surface area contributed by atoms with Gasteiger partial charge in [0.2, 0.25) is 0 Å². The first-order valence-corrected chi connectivity index (χ1v) is 11.8. The predicted molar refractivity (Wildman–Crippen MR) is 139 cm³/mol. The number of hydrogen-bond donors (Lipinski definition) is 2. The number of aliphatic hydroxyl groups is 1. The zero-order valence-corrected chi connectivity index (χ0v) is 20.3. The summed E-state index contributed by atoms with van der Waals surface area (Å²) >= 11 is 0. The summed E-state index contributed by atoms with van der Waals surface area (Å²) in [6.45, 7) is 3.44. The van der Waals surface area contributed by atoms with Crippen LogP contribution in [0.25, 0.3) is 27.5 Å². The van der Waals surface area contributed by atoms with Gasteiger partial charge in [0.25, 0.3) is 5.91 Å². The third kappa shape index (κ3) is 4.47. The number of nitrogens with one attached hydrogen (secondary N) is 1. The van der Waals surface area contributed by atoms with Crippen LogP contribution in [0.2, 0.25) is 0 Å². The van der Waals surface area contributed by atoms with E-state index in [1.165, 1.54) is 12.1 Å². The fraction of sp³-hybridized carbons (Fsp3) is 0.167. The Hall–Kier alpha value is -4.10. The molecule has 188 valence electrons. The Morgan fingerprint density at radius 3 is 2.08 bits per heavy atom. The average molecular weight is 503 g/mol. The molecule has 0 fully saturated rings. The lowest BCUT2D eigenvalue weighted by molar-refractivity contribution is -0.137. The molecule has 0 saturated heterocycles. The van der Waals surface area contributed by atoms with Gasteiger partial charge >= 0.3 is 6.18 Å². The first-order valence-electron chi connectivity index (χ1n) is 11.8. The van der Waals surface area contributed by atoms with Gasteiger partial charge in [-0.25, -0.2) is 0 Å². The Labute approximate surface area is 212 Å². The maximum absolute atomic E-state index is 13.3. The molecule has 1 aromatic heterocycles.